The maximum atomic E-state index is 12.3. The second-order valence-corrected chi connectivity index (χ2v) is 6.40. The van der Waals surface area contributed by atoms with Crippen molar-refractivity contribution in [1.29, 1.82) is 0 Å². The number of hydrogen-bond donors (Lipinski definition) is 3. The zero-order chi connectivity index (χ0) is 15.3. The molecule has 0 radical (unpaired) electrons. The molecule has 20 heavy (non-hydrogen) atoms. The van der Waals surface area contributed by atoms with Crippen LogP contribution >= 0.6 is 0 Å². The van der Waals surface area contributed by atoms with Crippen LogP contribution in [0, 0.1) is 0 Å². The van der Waals surface area contributed by atoms with Crippen molar-refractivity contribution >= 4 is 21.7 Å². The minimum atomic E-state index is -3.75. The van der Waals surface area contributed by atoms with E-state index < -0.39 is 16.0 Å². The van der Waals surface area contributed by atoms with Crippen LogP contribution in [-0.2, 0) is 10.0 Å². The van der Waals surface area contributed by atoms with Gasteiger partial charge in [-0.15, -0.1) is 0 Å². The molecule has 0 heterocycles. The number of carboxylic acids is 1. The van der Waals surface area contributed by atoms with Crippen molar-refractivity contribution in [3.8, 4) is 0 Å². The summed E-state index contributed by atoms with van der Waals surface area (Å²) in [6.07, 6.45) is 0.831. The Kier molecular flexibility index (Phi) is 5.52. The van der Waals surface area contributed by atoms with Crippen LogP contribution in [0.5, 0.6) is 0 Å². The summed E-state index contributed by atoms with van der Waals surface area (Å²) in [6, 6.07) is 3.76. The van der Waals surface area contributed by atoms with Crippen molar-refractivity contribution < 1.29 is 18.3 Å². The highest BCUT2D eigenvalue weighted by Gasteiger charge is 2.21. The van der Waals surface area contributed by atoms with E-state index in [2.05, 4.69) is 10.0 Å². The Morgan fingerprint density at radius 3 is 2.50 bits per heavy atom. The molecule has 0 aliphatic heterocycles. The molecule has 0 fully saturated rings. The van der Waals surface area contributed by atoms with Gasteiger partial charge in [0.25, 0.3) is 0 Å². The molecule has 1 aromatic rings. The Balaban J connectivity index is 3.30. The van der Waals surface area contributed by atoms with E-state index in [9.17, 15) is 13.2 Å². The summed E-state index contributed by atoms with van der Waals surface area (Å²) in [5.41, 5.74) is 0.348. The molecular formula is C13H20N2O4S. The van der Waals surface area contributed by atoms with Gasteiger partial charge in [-0.1, -0.05) is 6.92 Å². The molecule has 0 saturated heterocycles. The second-order valence-electron chi connectivity index (χ2n) is 4.72. The van der Waals surface area contributed by atoms with E-state index >= 15 is 0 Å². The molecule has 0 atom stereocenters. The molecule has 3 N–H and O–H groups in total. The third-order valence-electron chi connectivity index (χ3n) is 2.47. The SMILES string of the molecule is CCCNc1ccc(C(=O)O)cc1S(=O)(=O)NC(C)C. The van der Waals surface area contributed by atoms with Crippen molar-refractivity contribution in [3.63, 3.8) is 0 Å². The molecule has 0 aliphatic rings. The summed E-state index contributed by atoms with van der Waals surface area (Å²) < 4.78 is 27.0. The van der Waals surface area contributed by atoms with Gasteiger partial charge in [-0.3, -0.25) is 0 Å². The standard InChI is InChI=1S/C13H20N2O4S/c1-4-7-14-11-6-5-10(13(16)17)8-12(11)20(18,19)15-9(2)3/h5-6,8-9,14-15H,4,7H2,1-3H3,(H,16,17). The lowest BCUT2D eigenvalue weighted by Gasteiger charge is -2.15. The van der Waals surface area contributed by atoms with Crippen molar-refractivity contribution in [2.45, 2.75) is 38.1 Å². The molecule has 0 unspecified atom stereocenters. The van der Waals surface area contributed by atoms with Crippen LogP contribution in [0.3, 0.4) is 0 Å². The lowest BCUT2D eigenvalue weighted by molar-refractivity contribution is 0.0696. The molecule has 0 aromatic heterocycles. The minimum absolute atomic E-state index is 0.0421. The molecule has 0 amide bonds. The highest BCUT2D eigenvalue weighted by atomic mass is 32.2. The summed E-state index contributed by atoms with van der Waals surface area (Å²) in [6.45, 7) is 5.98. The van der Waals surface area contributed by atoms with Crippen LogP contribution in [0.15, 0.2) is 23.1 Å². The average Bonchev–Trinajstić information content (AvgIpc) is 2.34. The van der Waals surface area contributed by atoms with Crippen LogP contribution in [0.4, 0.5) is 5.69 Å². The van der Waals surface area contributed by atoms with Crippen LogP contribution in [0.1, 0.15) is 37.6 Å². The average molecular weight is 300 g/mol. The second kappa shape index (κ2) is 6.71. The van der Waals surface area contributed by atoms with Crippen LogP contribution in [-0.4, -0.2) is 32.1 Å². The van der Waals surface area contributed by atoms with Gasteiger partial charge in [0.2, 0.25) is 10.0 Å². The molecule has 0 bridgehead atoms. The predicted octanol–water partition coefficient (Wildman–Crippen LogP) is 1.89. The van der Waals surface area contributed by atoms with Crippen LogP contribution in [0.25, 0.3) is 0 Å². The lowest BCUT2D eigenvalue weighted by Crippen LogP contribution is -2.31. The number of aromatic carboxylic acids is 1. The third-order valence-corrected chi connectivity index (χ3v) is 4.17. The fourth-order valence-electron chi connectivity index (χ4n) is 1.66. The van der Waals surface area contributed by atoms with Gasteiger partial charge in [-0.05, 0) is 38.5 Å². The summed E-state index contributed by atoms with van der Waals surface area (Å²) >= 11 is 0. The number of rotatable bonds is 7. The molecular weight excluding hydrogens is 280 g/mol. The van der Waals surface area contributed by atoms with Crippen molar-refractivity contribution in [2.75, 3.05) is 11.9 Å². The smallest absolute Gasteiger partial charge is 0.335 e. The fraction of sp³-hybridized carbons (Fsp3) is 0.462. The maximum absolute atomic E-state index is 12.3. The molecule has 1 aromatic carbocycles. The van der Waals surface area contributed by atoms with Gasteiger partial charge in [0, 0.05) is 12.6 Å². The number of anilines is 1. The van der Waals surface area contributed by atoms with E-state index in [4.69, 9.17) is 5.11 Å². The van der Waals surface area contributed by atoms with Gasteiger partial charge in [0.05, 0.1) is 11.3 Å². The molecule has 1 rings (SSSR count). The van der Waals surface area contributed by atoms with Crippen molar-refractivity contribution in [3.05, 3.63) is 23.8 Å². The number of hydrogen-bond acceptors (Lipinski definition) is 4. The van der Waals surface area contributed by atoms with Gasteiger partial charge in [-0.25, -0.2) is 17.9 Å². The van der Waals surface area contributed by atoms with Crippen molar-refractivity contribution in [2.24, 2.45) is 0 Å². The first-order valence-corrected chi connectivity index (χ1v) is 7.89. The largest absolute Gasteiger partial charge is 0.478 e. The Labute approximate surface area is 119 Å². The molecule has 6 nitrogen and oxygen atoms in total. The Morgan fingerprint density at radius 2 is 2.00 bits per heavy atom. The van der Waals surface area contributed by atoms with Crippen molar-refractivity contribution in [1.82, 2.24) is 4.72 Å². The zero-order valence-electron chi connectivity index (χ0n) is 11.8. The monoisotopic (exact) mass is 300 g/mol. The molecule has 112 valence electrons. The third kappa shape index (κ3) is 4.21. The van der Waals surface area contributed by atoms with E-state index in [0.29, 0.717) is 12.2 Å². The first kappa shape index (κ1) is 16.5. The Hall–Kier alpha value is -1.60. The van der Waals surface area contributed by atoms with E-state index in [-0.39, 0.29) is 16.5 Å². The number of carbonyl (C=O) groups is 1. The first-order valence-electron chi connectivity index (χ1n) is 6.41. The predicted molar refractivity (Wildman–Crippen MR) is 77.6 cm³/mol. The van der Waals surface area contributed by atoms with Crippen LogP contribution < -0.4 is 10.0 Å². The molecule has 0 saturated carbocycles. The summed E-state index contributed by atoms with van der Waals surface area (Å²) in [5.74, 6) is -1.16. The minimum Gasteiger partial charge on any atom is -0.478 e. The molecule has 7 heteroatoms. The van der Waals surface area contributed by atoms with E-state index in [1.807, 2.05) is 6.92 Å². The fourth-order valence-corrected chi connectivity index (χ4v) is 3.12. The first-order chi connectivity index (χ1) is 9.27. The Bertz CT molecular complexity index is 582. The van der Waals surface area contributed by atoms with Gasteiger partial charge >= 0.3 is 5.97 Å². The van der Waals surface area contributed by atoms with Crippen LogP contribution in [0.2, 0.25) is 0 Å². The number of nitrogens with one attached hydrogen (secondary N) is 2. The summed E-state index contributed by atoms with van der Waals surface area (Å²) in [7, 11) is -3.75. The van der Waals surface area contributed by atoms with E-state index in [1.165, 1.54) is 18.2 Å². The molecule has 0 aliphatic carbocycles. The topological polar surface area (TPSA) is 95.5 Å². The van der Waals surface area contributed by atoms with Gasteiger partial charge in [0.1, 0.15) is 4.90 Å². The van der Waals surface area contributed by atoms with E-state index in [1.54, 1.807) is 13.8 Å². The number of sulfonamides is 1. The van der Waals surface area contributed by atoms with Gasteiger partial charge in [-0.2, -0.15) is 0 Å². The van der Waals surface area contributed by atoms with Gasteiger partial charge in [0.15, 0.2) is 0 Å². The number of carboxylic acid groups (broad SMARTS) is 1. The van der Waals surface area contributed by atoms with E-state index in [0.717, 1.165) is 6.42 Å². The normalized spacial score (nSPS) is 11.6. The summed E-state index contributed by atoms with van der Waals surface area (Å²) in [4.78, 5) is 10.9. The quantitative estimate of drug-likeness (QED) is 0.714. The maximum Gasteiger partial charge on any atom is 0.335 e. The highest BCUT2D eigenvalue weighted by Crippen LogP contribution is 2.23. The van der Waals surface area contributed by atoms with Gasteiger partial charge < -0.3 is 10.4 Å². The highest BCUT2D eigenvalue weighted by molar-refractivity contribution is 7.89. The summed E-state index contributed by atoms with van der Waals surface area (Å²) in [5, 5.41) is 12.0. The Morgan fingerprint density at radius 1 is 1.35 bits per heavy atom. The molecule has 0 spiro atoms. The lowest BCUT2D eigenvalue weighted by atomic mass is 10.2. The zero-order valence-corrected chi connectivity index (χ0v) is 12.6. The number of benzene rings is 1.